The molecule has 2 heterocycles. The minimum absolute atomic E-state index is 0.0502. The molecule has 160 valence electrons. The van der Waals surface area contributed by atoms with E-state index in [1.54, 1.807) is 53.4 Å². The highest BCUT2D eigenvalue weighted by molar-refractivity contribution is 6.21. The lowest BCUT2D eigenvalue weighted by molar-refractivity contribution is -0.140. The maximum absolute atomic E-state index is 13.1. The number of nitrogens with one attached hydrogen (secondary N) is 1. The van der Waals surface area contributed by atoms with Crippen LogP contribution in [0.15, 0.2) is 54.6 Å². The summed E-state index contributed by atoms with van der Waals surface area (Å²) in [4.78, 5) is 53.5. The van der Waals surface area contributed by atoms with Crippen LogP contribution >= 0.6 is 0 Å². The van der Waals surface area contributed by atoms with E-state index < -0.39 is 23.8 Å². The average Bonchev–Trinajstić information content (AvgIpc) is 3.06. The Labute approximate surface area is 179 Å². The van der Waals surface area contributed by atoms with Crippen LogP contribution < -0.4 is 5.32 Å². The SMILES string of the molecule is O=C(CCN1C(=O)c2ccccc2C1=O)NC(C(=O)N1CCOCC1)c1ccccc1. The van der Waals surface area contributed by atoms with Gasteiger partial charge in [-0.1, -0.05) is 42.5 Å². The fourth-order valence-corrected chi connectivity index (χ4v) is 3.79. The molecule has 1 atom stereocenters. The van der Waals surface area contributed by atoms with E-state index in [0.29, 0.717) is 43.0 Å². The van der Waals surface area contributed by atoms with E-state index in [1.165, 1.54) is 0 Å². The van der Waals surface area contributed by atoms with Crippen molar-refractivity contribution in [3.8, 4) is 0 Å². The number of morpholine rings is 1. The number of nitrogens with zero attached hydrogens (tertiary/aromatic N) is 2. The third kappa shape index (κ3) is 4.34. The van der Waals surface area contributed by atoms with Crippen molar-refractivity contribution in [1.82, 2.24) is 15.1 Å². The van der Waals surface area contributed by atoms with Crippen LogP contribution in [0.4, 0.5) is 0 Å². The maximum atomic E-state index is 13.1. The molecular weight excluding hydrogens is 398 g/mol. The molecule has 0 saturated carbocycles. The standard InChI is InChI=1S/C23H23N3O5/c27-19(10-11-26-21(28)17-8-4-5-9-18(17)22(26)29)24-20(16-6-2-1-3-7-16)23(30)25-12-14-31-15-13-25/h1-9,20H,10-15H2,(H,24,27). The number of benzene rings is 2. The van der Waals surface area contributed by atoms with Gasteiger partial charge in [-0.2, -0.15) is 0 Å². The van der Waals surface area contributed by atoms with Gasteiger partial charge in [-0.05, 0) is 17.7 Å². The molecule has 4 amide bonds. The summed E-state index contributed by atoms with van der Waals surface area (Å²) in [5.74, 6) is -1.43. The van der Waals surface area contributed by atoms with E-state index >= 15 is 0 Å². The molecule has 0 spiro atoms. The number of amides is 4. The molecule has 8 heteroatoms. The second-order valence-electron chi connectivity index (χ2n) is 7.41. The van der Waals surface area contributed by atoms with E-state index in [4.69, 9.17) is 4.74 Å². The highest BCUT2D eigenvalue weighted by atomic mass is 16.5. The van der Waals surface area contributed by atoms with E-state index in [0.717, 1.165) is 4.90 Å². The van der Waals surface area contributed by atoms with Gasteiger partial charge in [0.05, 0.1) is 24.3 Å². The van der Waals surface area contributed by atoms with Crippen LogP contribution in [0.5, 0.6) is 0 Å². The fourth-order valence-electron chi connectivity index (χ4n) is 3.79. The van der Waals surface area contributed by atoms with Crippen molar-refractivity contribution < 1.29 is 23.9 Å². The van der Waals surface area contributed by atoms with Crippen LogP contribution in [0.3, 0.4) is 0 Å². The summed E-state index contributed by atoms with van der Waals surface area (Å²) >= 11 is 0. The first-order chi connectivity index (χ1) is 15.1. The number of fused-ring (bicyclic) bond motifs is 1. The summed E-state index contributed by atoms with van der Waals surface area (Å²) in [6.45, 7) is 1.80. The third-order valence-electron chi connectivity index (χ3n) is 5.45. The number of imide groups is 1. The lowest BCUT2D eigenvalue weighted by Crippen LogP contribution is -2.47. The number of ether oxygens (including phenoxy) is 1. The van der Waals surface area contributed by atoms with Crippen LogP contribution in [0.1, 0.15) is 38.7 Å². The summed E-state index contributed by atoms with van der Waals surface area (Å²) < 4.78 is 5.31. The molecule has 2 aliphatic heterocycles. The topological polar surface area (TPSA) is 96.0 Å². The van der Waals surface area contributed by atoms with Crippen molar-refractivity contribution in [2.24, 2.45) is 0 Å². The van der Waals surface area contributed by atoms with Gasteiger partial charge in [-0.25, -0.2) is 0 Å². The lowest BCUT2D eigenvalue weighted by Gasteiger charge is -2.31. The van der Waals surface area contributed by atoms with Gasteiger partial charge in [0.15, 0.2) is 0 Å². The van der Waals surface area contributed by atoms with Gasteiger partial charge in [-0.15, -0.1) is 0 Å². The Morgan fingerprint density at radius 3 is 2.10 bits per heavy atom. The predicted octanol–water partition coefficient (Wildman–Crippen LogP) is 1.39. The highest BCUT2D eigenvalue weighted by Gasteiger charge is 2.35. The number of rotatable bonds is 6. The van der Waals surface area contributed by atoms with Crippen molar-refractivity contribution in [2.75, 3.05) is 32.8 Å². The van der Waals surface area contributed by atoms with Crippen LogP contribution in [0.2, 0.25) is 0 Å². The molecule has 4 rings (SSSR count). The van der Waals surface area contributed by atoms with Gasteiger partial charge in [0, 0.05) is 26.1 Å². The highest BCUT2D eigenvalue weighted by Crippen LogP contribution is 2.23. The van der Waals surface area contributed by atoms with Gasteiger partial charge < -0.3 is 15.0 Å². The average molecular weight is 421 g/mol. The first kappa shape index (κ1) is 20.7. The second-order valence-corrected chi connectivity index (χ2v) is 7.41. The number of hydrogen-bond acceptors (Lipinski definition) is 5. The summed E-state index contributed by atoms with van der Waals surface area (Å²) in [6.07, 6.45) is -0.0921. The maximum Gasteiger partial charge on any atom is 0.261 e. The van der Waals surface area contributed by atoms with Crippen molar-refractivity contribution in [3.05, 3.63) is 71.3 Å². The van der Waals surface area contributed by atoms with Gasteiger partial charge in [0.1, 0.15) is 6.04 Å². The van der Waals surface area contributed by atoms with Gasteiger partial charge in [-0.3, -0.25) is 24.1 Å². The second kappa shape index (κ2) is 9.09. The normalized spacial score (nSPS) is 16.8. The van der Waals surface area contributed by atoms with Gasteiger partial charge in [0.2, 0.25) is 11.8 Å². The van der Waals surface area contributed by atoms with Gasteiger partial charge >= 0.3 is 0 Å². The zero-order chi connectivity index (χ0) is 21.8. The van der Waals surface area contributed by atoms with Crippen molar-refractivity contribution >= 4 is 23.6 Å². The Hall–Kier alpha value is -3.52. The molecule has 1 saturated heterocycles. The van der Waals surface area contributed by atoms with E-state index in [-0.39, 0.29) is 18.9 Å². The summed E-state index contributed by atoms with van der Waals surface area (Å²) in [5, 5.41) is 2.78. The Kier molecular flexibility index (Phi) is 6.08. The molecule has 1 fully saturated rings. The first-order valence-electron chi connectivity index (χ1n) is 10.2. The molecule has 0 radical (unpaired) electrons. The minimum atomic E-state index is -0.839. The molecule has 2 aromatic rings. The smallest absolute Gasteiger partial charge is 0.261 e. The van der Waals surface area contributed by atoms with E-state index in [2.05, 4.69) is 5.32 Å². The van der Waals surface area contributed by atoms with Crippen LogP contribution in [-0.2, 0) is 14.3 Å². The van der Waals surface area contributed by atoms with Crippen LogP contribution in [0.25, 0.3) is 0 Å². The van der Waals surface area contributed by atoms with Crippen molar-refractivity contribution in [1.29, 1.82) is 0 Å². The Bertz CT molecular complexity index is 966. The van der Waals surface area contributed by atoms with E-state index in [1.807, 2.05) is 6.07 Å². The molecule has 0 aliphatic carbocycles. The molecule has 2 aromatic carbocycles. The zero-order valence-corrected chi connectivity index (χ0v) is 17.0. The largest absolute Gasteiger partial charge is 0.378 e. The molecule has 0 bridgehead atoms. The summed E-state index contributed by atoms with van der Waals surface area (Å²) in [7, 11) is 0. The zero-order valence-electron chi connectivity index (χ0n) is 17.0. The van der Waals surface area contributed by atoms with Gasteiger partial charge in [0.25, 0.3) is 11.8 Å². The minimum Gasteiger partial charge on any atom is -0.378 e. The van der Waals surface area contributed by atoms with Crippen LogP contribution in [0, 0.1) is 0 Å². The third-order valence-corrected chi connectivity index (χ3v) is 5.45. The number of carbonyl (C=O) groups excluding carboxylic acids is 4. The number of carbonyl (C=O) groups is 4. The fraction of sp³-hybridized carbons (Fsp3) is 0.304. The molecule has 1 N–H and O–H groups in total. The van der Waals surface area contributed by atoms with Crippen molar-refractivity contribution in [2.45, 2.75) is 12.5 Å². The molecule has 2 aliphatic rings. The summed E-state index contributed by atoms with van der Waals surface area (Å²) in [6, 6.07) is 14.8. The molecule has 31 heavy (non-hydrogen) atoms. The van der Waals surface area contributed by atoms with Crippen molar-refractivity contribution in [3.63, 3.8) is 0 Å². The first-order valence-corrected chi connectivity index (χ1v) is 10.2. The lowest BCUT2D eigenvalue weighted by atomic mass is 10.0. The predicted molar refractivity (Wildman–Crippen MR) is 111 cm³/mol. The Balaban J connectivity index is 1.43. The summed E-state index contributed by atoms with van der Waals surface area (Å²) in [5.41, 5.74) is 1.36. The molecule has 1 unspecified atom stereocenters. The monoisotopic (exact) mass is 421 g/mol. The molecule has 0 aromatic heterocycles. The number of hydrogen-bond donors (Lipinski definition) is 1. The van der Waals surface area contributed by atoms with E-state index in [9.17, 15) is 19.2 Å². The Morgan fingerprint density at radius 2 is 1.48 bits per heavy atom. The molecule has 8 nitrogen and oxygen atoms in total. The quantitative estimate of drug-likeness (QED) is 0.711. The Morgan fingerprint density at radius 1 is 0.903 bits per heavy atom. The molecular formula is C23H23N3O5. The van der Waals surface area contributed by atoms with Crippen LogP contribution in [-0.4, -0.2) is 66.3 Å².